The van der Waals surface area contributed by atoms with Crippen LogP contribution in [-0.2, 0) is 20.5 Å². The van der Waals surface area contributed by atoms with Crippen molar-refractivity contribution in [3.8, 4) is 11.3 Å². The first kappa shape index (κ1) is 22.0. The highest BCUT2D eigenvalue weighted by Crippen LogP contribution is 2.33. The Hall–Kier alpha value is -2.78. The maximum Gasteiger partial charge on any atom is 0.243 e. The highest BCUT2D eigenvalue weighted by atomic mass is 32.2. The Kier molecular flexibility index (Phi) is 6.41. The van der Waals surface area contributed by atoms with Crippen LogP contribution in [0.1, 0.15) is 5.56 Å². The number of hydrogen-bond donors (Lipinski definition) is 0. The van der Waals surface area contributed by atoms with Crippen molar-refractivity contribution in [1.29, 1.82) is 0 Å². The van der Waals surface area contributed by atoms with Gasteiger partial charge in [0.05, 0.1) is 18.1 Å². The second-order valence-corrected chi connectivity index (χ2v) is 10.6. The van der Waals surface area contributed by atoms with Crippen molar-refractivity contribution in [2.45, 2.75) is 15.7 Å². The summed E-state index contributed by atoms with van der Waals surface area (Å²) >= 11 is 1.56. The quantitative estimate of drug-likeness (QED) is 0.378. The molecule has 0 atom stereocenters. The van der Waals surface area contributed by atoms with Gasteiger partial charge in [-0.2, -0.15) is 4.31 Å². The van der Waals surface area contributed by atoms with Crippen molar-refractivity contribution >= 4 is 32.6 Å². The van der Waals surface area contributed by atoms with Crippen molar-refractivity contribution in [2.75, 3.05) is 26.3 Å². The molecule has 0 saturated carbocycles. The molecule has 1 saturated heterocycles. The van der Waals surface area contributed by atoms with Gasteiger partial charge in [-0.15, -0.1) is 10.2 Å². The van der Waals surface area contributed by atoms with E-state index in [1.54, 1.807) is 30.0 Å². The first-order valence-electron chi connectivity index (χ1n) is 10.7. The molecule has 1 aliphatic rings. The summed E-state index contributed by atoms with van der Waals surface area (Å²) in [5.74, 6) is 0.593. The fourth-order valence-electron chi connectivity index (χ4n) is 3.88. The first-order chi connectivity index (χ1) is 16.1. The summed E-state index contributed by atoms with van der Waals surface area (Å²) in [7, 11) is -3.52. The highest BCUT2D eigenvalue weighted by Gasteiger charge is 2.26. The van der Waals surface area contributed by atoms with E-state index in [-0.39, 0.29) is 0 Å². The van der Waals surface area contributed by atoms with Crippen LogP contribution in [0, 0.1) is 0 Å². The van der Waals surface area contributed by atoms with Crippen LogP contribution in [-0.4, -0.2) is 49.2 Å². The van der Waals surface area contributed by atoms with Gasteiger partial charge in [-0.25, -0.2) is 8.42 Å². The Bertz CT molecular complexity index is 1370. The molecular formula is C25H23N3O3S2. The van der Waals surface area contributed by atoms with Gasteiger partial charge < -0.3 is 4.74 Å². The summed E-state index contributed by atoms with van der Waals surface area (Å²) < 4.78 is 32.8. The second-order valence-electron chi connectivity index (χ2n) is 7.72. The van der Waals surface area contributed by atoms with Crippen molar-refractivity contribution in [1.82, 2.24) is 14.5 Å². The van der Waals surface area contributed by atoms with E-state index >= 15 is 0 Å². The van der Waals surface area contributed by atoms with Gasteiger partial charge in [0, 0.05) is 35.2 Å². The average Bonchev–Trinajstić information content (AvgIpc) is 2.88. The maximum absolute atomic E-state index is 13.0. The lowest BCUT2D eigenvalue weighted by Gasteiger charge is -2.26. The predicted molar refractivity (Wildman–Crippen MR) is 131 cm³/mol. The molecule has 168 valence electrons. The van der Waals surface area contributed by atoms with Gasteiger partial charge in [0.15, 0.2) is 0 Å². The van der Waals surface area contributed by atoms with Crippen LogP contribution in [0.5, 0.6) is 0 Å². The lowest BCUT2D eigenvalue weighted by atomic mass is 10.1. The predicted octanol–water partition coefficient (Wildman–Crippen LogP) is 4.61. The summed E-state index contributed by atoms with van der Waals surface area (Å²) in [4.78, 5) is 0.317. The molecule has 0 amide bonds. The minimum absolute atomic E-state index is 0.317. The minimum atomic E-state index is -3.52. The number of benzene rings is 3. The zero-order chi connectivity index (χ0) is 22.7. The molecule has 0 aliphatic carbocycles. The number of aromatic nitrogens is 2. The summed E-state index contributed by atoms with van der Waals surface area (Å²) in [5.41, 5.74) is 2.81. The van der Waals surface area contributed by atoms with Gasteiger partial charge in [0.2, 0.25) is 10.0 Å². The van der Waals surface area contributed by atoms with Crippen LogP contribution >= 0.6 is 11.8 Å². The van der Waals surface area contributed by atoms with Gasteiger partial charge in [0.1, 0.15) is 10.7 Å². The molecule has 6 nitrogen and oxygen atoms in total. The molecule has 8 heteroatoms. The van der Waals surface area contributed by atoms with Crippen LogP contribution in [0.4, 0.5) is 0 Å². The minimum Gasteiger partial charge on any atom is -0.379 e. The van der Waals surface area contributed by atoms with Gasteiger partial charge in [-0.1, -0.05) is 78.5 Å². The summed E-state index contributed by atoms with van der Waals surface area (Å²) in [6.45, 7) is 1.63. The number of sulfonamides is 1. The third-order valence-electron chi connectivity index (χ3n) is 5.58. The zero-order valence-electron chi connectivity index (χ0n) is 17.9. The number of hydrogen-bond acceptors (Lipinski definition) is 6. The molecule has 4 aromatic rings. The molecular weight excluding hydrogens is 454 g/mol. The number of nitrogens with zero attached hydrogens (tertiary/aromatic N) is 3. The maximum atomic E-state index is 13.0. The van der Waals surface area contributed by atoms with E-state index in [4.69, 9.17) is 4.74 Å². The van der Waals surface area contributed by atoms with Gasteiger partial charge in [0.25, 0.3) is 0 Å². The Morgan fingerprint density at radius 1 is 0.848 bits per heavy atom. The van der Waals surface area contributed by atoms with E-state index in [1.807, 2.05) is 48.5 Å². The molecule has 0 unspecified atom stereocenters. The second kappa shape index (κ2) is 9.61. The van der Waals surface area contributed by atoms with Crippen LogP contribution in [0.2, 0.25) is 0 Å². The van der Waals surface area contributed by atoms with Crippen LogP contribution < -0.4 is 0 Å². The lowest BCUT2D eigenvalue weighted by molar-refractivity contribution is 0.0730. The zero-order valence-corrected chi connectivity index (χ0v) is 19.6. The fourth-order valence-corrected chi connectivity index (χ4v) is 6.27. The van der Waals surface area contributed by atoms with E-state index in [9.17, 15) is 8.42 Å². The molecule has 1 fully saturated rings. The molecule has 0 N–H and O–H groups in total. The van der Waals surface area contributed by atoms with Crippen molar-refractivity contribution < 1.29 is 13.2 Å². The molecule has 3 aromatic carbocycles. The molecule has 0 bridgehead atoms. The van der Waals surface area contributed by atoms with Gasteiger partial charge in [-0.05, 0) is 17.7 Å². The molecule has 33 heavy (non-hydrogen) atoms. The molecule has 1 aromatic heterocycles. The highest BCUT2D eigenvalue weighted by molar-refractivity contribution is 7.98. The monoisotopic (exact) mass is 477 g/mol. The van der Waals surface area contributed by atoms with E-state index in [0.29, 0.717) is 37.0 Å². The largest absolute Gasteiger partial charge is 0.379 e. The van der Waals surface area contributed by atoms with E-state index < -0.39 is 10.0 Å². The van der Waals surface area contributed by atoms with E-state index in [1.165, 1.54) is 4.31 Å². The third kappa shape index (κ3) is 4.65. The SMILES string of the molecule is O=S(=O)(c1cccc(CSc2nnc(-c3ccccc3)c3ccccc23)c1)N1CCOCC1. The summed E-state index contributed by atoms with van der Waals surface area (Å²) in [5, 5.41) is 11.9. The molecule has 5 rings (SSSR count). The van der Waals surface area contributed by atoms with Gasteiger partial charge >= 0.3 is 0 Å². The first-order valence-corrected chi connectivity index (χ1v) is 13.2. The third-order valence-corrected chi connectivity index (χ3v) is 8.53. The molecule has 2 heterocycles. The standard InChI is InChI=1S/C25H23N3O3S2/c29-33(30,28-13-15-31-16-14-28)21-10-6-7-19(17-21)18-32-25-23-12-5-4-11-22(23)24(26-27-25)20-8-2-1-3-9-20/h1-12,17H,13-16,18H2. The Morgan fingerprint density at radius 3 is 2.36 bits per heavy atom. The number of fused-ring (bicyclic) bond motifs is 1. The van der Waals surface area contributed by atoms with Crippen LogP contribution in [0.15, 0.2) is 88.8 Å². The number of morpholine rings is 1. The molecule has 1 aliphatic heterocycles. The smallest absolute Gasteiger partial charge is 0.243 e. The number of thioether (sulfide) groups is 1. The Morgan fingerprint density at radius 2 is 1.58 bits per heavy atom. The Balaban J connectivity index is 1.40. The summed E-state index contributed by atoms with van der Waals surface area (Å²) in [6.07, 6.45) is 0. The van der Waals surface area contributed by atoms with Crippen molar-refractivity contribution in [2.24, 2.45) is 0 Å². The normalized spacial score (nSPS) is 15.0. The van der Waals surface area contributed by atoms with Gasteiger partial charge in [-0.3, -0.25) is 0 Å². The average molecular weight is 478 g/mol. The topological polar surface area (TPSA) is 72.4 Å². The number of rotatable bonds is 6. The van der Waals surface area contributed by atoms with Crippen molar-refractivity contribution in [3.05, 3.63) is 84.4 Å². The molecule has 0 radical (unpaired) electrons. The van der Waals surface area contributed by atoms with Crippen molar-refractivity contribution in [3.63, 3.8) is 0 Å². The van der Waals surface area contributed by atoms with E-state index in [0.717, 1.165) is 32.6 Å². The Labute approximate surface area is 197 Å². The molecule has 0 spiro atoms. The van der Waals surface area contributed by atoms with Crippen LogP contribution in [0.3, 0.4) is 0 Å². The van der Waals surface area contributed by atoms with E-state index in [2.05, 4.69) is 22.3 Å². The van der Waals surface area contributed by atoms with Crippen LogP contribution in [0.25, 0.3) is 22.0 Å². The number of ether oxygens (including phenoxy) is 1. The fraction of sp³-hybridized carbons (Fsp3) is 0.200. The summed E-state index contributed by atoms with van der Waals surface area (Å²) in [6, 6.07) is 25.3. The lowest BCUT2D eigenvalue weighted by Crippen LogP contribution is -2.40.